The summed E-state index contributed by atoms with van der Waals surface area (Å²) in [5.74, 6) is 0. The van der Waals surface area contributed by atoms with Gasteiger partial charge in [0.25, 0.3) is 0 Å². The molecule has 1 aliphatic rings. The number of aromatic nitrogens is 1. The Morgan fingerprint density at radius 1 is 0.944 bits per heavy atom. The van der Waals surface area contributed by atoms with E-state index in [1.807, 2.05) is 11.0 Å². The zero-order valence-corrected chi connectivity index (χ0v) is 19.9. The third kappa shape index (κ3) is 6.13. The van der Waals surface area contributed by atoms with Crippen LogP contribution in [0.4, 0.5) is 29.3 Å². The summed E-state index contributed by atoms with van der Waals surface area (Å²) in [6.45, 7) is 1.38. The fourth-order valence-electron chi connectivity index (χ4n) is 3.77. The van der Waals surface area contributed by atoms with Crippen molar-refractivity contribution in [2.45, 2.75) is 17.6 Å². The van der Waals surface area contributed by atoms with Gasteiger partial charge in [-0.05, 0) is 60.2 Å². The Hall–Kier alpha value is -3.64. The van der Waals surface area contributed by atoms with Gasteiger partial charge >= 0.3 is 12.2 Å². The van der Waals surface area contributed by atoms with Crippen molar-refractivity contribution in [3.8, 4) is 0 Å². The summed E-state index contributed by atoms with van der Waals surface area (Å²) in [5.41, 5.74) is 1.16. The number of urea groups is 1. The first-order chi connectivity index (χ1) is 17.1. The Labute approximate surface area is 206 Å². The molecule has 190 valence electrons. The minimum atomic E-state index is -4.40. The molecule has 0 atom stereocenters. The van der Waals surface area contributed by atoms with Gasteiger partial charge in [-0.3, -0.25) is 4.98 Å². The lowest BCUT2D eigenvalue weighted by atomic mass is 10.2. The number of anilines is 2. The molecule has 2 amide bonds. The van der Waals surface area contributed by atoms with Gasteiger partial charge in [0, 0.05) is 56.5 Å². The van der Waals surface area contributed by atoms with Crippen molar-refractivity contribution in [1.82, 2.24) is 14.6 Å². The van der Waals surface area contributed by atoms with E-state index < -0.39 is 27.8 Å². The van der Waals surface area contributed by atoms with Crippen molar-refractivity contribution < 1.29 is 26.4 Å². The van der Waals surface area contributed by atoms with E-state index in [9.17, 15) is 26.4 Å². The number of carbonyl (C=O) groups excluding carboxylic acids is 1. The summed E-state index contributed by atoms with van der Waals surface area (Å²) in [4.78, 5) is 18.0. The number of nitrogens with zero attached hydrogens (tertiary/aromatic N) is 3. The van der Waals surface area contributed by atoms with Crippen LogP contribution >= 0.6 is 0 Å². The number of nitrogens with one attached hydrogen (secondary N) is 2. The lowest BCUT2D eigenvalue weighted by Gasteiger charge is -2.35. The first-order valence-electron chi connectivity index (χ1n) is 11.1. The number of hydrogen-bond acceptors (Lipinski definition) is 5. The van der Waals surface area contributed by atoms with Gasteiger partial charge in [0.15, 0.2) is 0 Å². The summed E-state index contributed by atoms with van der Waals surface area (Å²) < 4.78 is 65.8. The van der Waals surface area contributed by atoms with E-state index in [4.69, 9.17) is 0 Å². The molecular weight excluding hydrogens is 495 g/mol. The van der Waals surface area contributed by atoms with E-state index in [1.165, 1.54) is 40.7 Å². The van der Waals surface area contributed by atoms with Crippen molar-refractivity contribution >= 4 is 27.4 Å². The monoisotopic (exact) mass is 519 g/mol. The Morgan fingerprint density at radius 3 is 2.19 bits per heavy atom. The van der Waals surface area contributed by atoms with Gasteiger partial charge < -0.3 is 15.5 Å². The maximum Gasteiger partial charge on any atom is 0.416 e. The van der Waals surface area contributed by atoms with Crippen molar-refractivity contribution in [3.05, 3.63) is 84.2 Å². The molecule has 0 bridgehead atoms. The molecule has 1 aromatic heterocycles. The van der Waals surface area contributed by atoms with Crippen molar-refractivity contribution in [3.63, 3.8) is 0 Å². The standard InChI is InChI=1S/C24H24F3N5O3S/c25-24(26,27)19-3-7-21(8-4-19)31-12-14-32(15-13-31)36(34,35)22-9-5-20(6-10-22)30-23(33)29-17-18-2-1-11-28-16-18/h1-11,16H,12-15,17H2,(H2,29,30,33). The van der Waals surface area contributed by atoms with E-state index in [1.54, 1.807) is 18.5 Å². The third-order valence-electron chi connectivity index (χ3n) is 5.72. The van der Waals surface area contributed by atoms with Gasteiger partial charge in [-0.25, -0.2) is 13.2 Å². The molecule has 0 saturated carbocycles. The molecule has 4 rings (SSSR count). The number of halogens is 3. The van der Waals surface area contributed by atoms with Crippen LogP contribution in [-0.2, 0) is 22.7 Å². The lowest BCUT2D eigenvalue weighted by Crippen LogP contribution is -2.48. The van der Waals surface area contributed by atoms with E-state index in [-0.39, 0.29) is 18.0 Å². The van der Waals surface area contributed by atoms with Crippen LogP contribution in [0.5, 0.6) is 0 Å². The zero-order chi connectivity index (χ0) is 25.8. The topological polar surface area (TPSA) is 94.6 Å². The minimum absolute atomic E-state index is 0.0896. The summed E-state index contributed by atoms with van der Waals surface area (Å²) >= 11 is 0. The van der Waals surface area contributed by atoms with Gasteiger partial charge in [0.1, 0.15) is 0 Å². The molecule has 8 nitrogen and oxygen atoms in total. The van der Waals surface area contributed by atoms with Gasteiger partial charge in [-0.15, -0.1) is 0 Å². The Morgan fingerprint density at radius 2 is 1.61 bits per heavy atom. The summed E-state index contributed by atoms with van der Waals surface area (Å²) in [7, 11) is -3.76. The highest BCUT2D eigenvalue weighted by Gasteiger charge is 2.31. The highest BCUT2D eigenvalue weighted by atomic mass is 32.2. The number of carbonyl (C=O) groups is 1. The highest BCUT2D eigenvalue weighted by Crippen LogP contribution is 2.31. The van der Waals surface area contributed by atoms with Crippen LogP contribution in [-0.4, -0.2) is 49.9 Å². The van der Waals surface area contributed by atoms with E-state index in [0.29, 0.717) is 31.0 Å². The van der Waals surface area contributed by atoms with E-state index in [2.05, 4.69) is 15.6 Å². The Bertz CT molecular complexity index is 1280. The summed E-state index contributed by atoms with van der Waals surface area (Å²) in [6, 6.07) is 13.9. The zero-order valence-electron chi connectivity index (χ0n) is 19.1. The maximum absolute atomic E-state index is 13.1. The van der Waals surface area contributed by atoms with Crippen LogP contribution in [0, 0.1) is 0 Å². The van der Waals surface area contributed by atoms with Crippen LogP contribution < -0.4 is 15.5 Å². The second-order valence-electron chi connectivity index (χ2n) is 8.13. The molecule has 2 N–H and O–H groups in total. The van der Waals surface area contributed by atoms with Gasteiger partial charge in [0.2, 0.25) is 10.0 Å². The first kappa shape index (κ1) is 25.5. The molecule has 12 heteroatoms. The summed E-state index contributed by atoms with van der Waals surface area (Å²) in [5, 5.41) is 5.35. The average Bonchev–Trinajstić information content (AvgIpc) is 2.88. The van der Waals surface area contributed by atoms with Crippen LogP contribution in [0.15, 0.2) is 78.0 Å². The van der Waals surface area contributed by atoms with Crippen molar-refractivity contribution in [1.29, 1.82) is 0 Å². The minimum Gasteiger partial charge on any atom is -0.369 e. The Balaban J connectivity index is 1.31. The van der Waals surface area contributed by atoms with Gasteiger partial charge in [-0.1, -0.05) is 6.07 Å². The third-order valence-corrected chi connectivity index (χ3v) is 7.64. The SMILES string of the molecule is O=C(NCc1cccnc1)Nc1ccc(S(=O)(=O)N2CCN(c3ccc(C(F)(F)F)cc3)CC2)cc1. The molecule has 0 radical (unpaired) electrons. The molecule has 0 unspecified atom stereocenters. The second-order valence-corrected chi connectivity index (χ2v) is 10.1. The average molecular weight is 520 g/mol. The first-order valence-corrected chi connectivity index (χ1v) is 12.5. The second kappa shape index (κ2) is 10.5. The number of benzene rings is 2. The summed E-state index contributed by atoms with van der Waals surface area (Å²) in [6.07, 6.45) is -1.12. The van der Waals surface area contributed by atoms with Gasteiger partial charge in [0.05, 0.1) is 10.5 Å². The smallest absolute Gasteiger partial charge is 0.369 e. The molecule has 2 heterocycles. The van der Waals surface area contributed by atoms with Crippen LogP contribution in [0.3, 0.4) is 0 Å². The van der Waals surface area contributed by atoms with Crippen LogP contribution in [0.2, 0.25) is 0 Å². The molecule has 1 aliphatic heterocycles. The quantitative estimate of drug-likeness (QED) is 0.515. The molecule has 3 aromatic rings. The molecule has 0 aliphatic carbocycles. The predicted octanol–water partition coefficient (Wildman–Crippen LogP) is 3.93. The van der Waals surface area contributed by atoms with Gasteiger partial charge in [-0.2, -0.15) is 17.5 Å². The number of pyridine rings is 1. The maximum atomic E-state index is 13.1. The van der Waals surface area contributed by atoms with Crippen LogP contribution in [0.1, 0.15) is 11.1 Å². The van der Waals surface area contributed by atoms with Crippen LogP contribution in [0.25, 0.3) is 0 Å². The Kier molecular flexibility index (Phi) is 7.45. The van der Waals surface area contributed by atoms with Crippen molar-refractivity contribution in [2.75, 3.05) is 36.4 Å². The largest absolute Gasteiger partial charge is 0.416 e. The number of amides is 2. The molecule has 0 spiro atoms. The van der Waals surface area contributed by atoms with E-state index >= 15 is 0 Å². The molecule has 1 saturated heterocycles. The molecular formula is C24H24F3N5O3S. The fraction of sp³-hybridized carbons (Fsp3) is 0.250. The predicted molar refractivity (Wildman–Crippen MR) is 129 cm³/mol. The molecule has 1 fully saturated rings. The lowest BCUT2D eigenvalue weighted by molar-refractivity contribution is -0.137. The number of piperazine rings is 1. The number of rotatable bonds is 6. The van der Waals surface area contributed by atoms with Crippen molar-refractivity contribution in [2.24, 2.45) is 0 Å². The van der Waals surface area contributed by atoms with E-state index in [0.717, 1.165) is 17.7 Å². The number of hydrogen-bond donors (Lipinski definition) is 2. The number of sulfonamides is 1. The normalized spacial score (nSPS) is 14.9. The molecule has 2 aromatic carbocycles. The highest BCUT2D eigenvalue weighted by molar-refractivity contribution is 7.89. The molecule has 36 heavy (non-hydrogen) atoms. The fourth-order valence-corrected chi connectivity index (χ4v) is 5.19. The number of alkyl halides is 3.